The second kappa shape index (κ2) is 7.03. The number of aromatic nitrogens is 2. The topological polar surface area (TPSA) is 58.4 Å². The summed E-state index contributed by atoms with van der Waals surface area (Å²) >= 11 is 0. The lowest BCUT2D eigenvalue weighted by Crippen LogP contribution is -2.49. The minimum atomic E-state index is -0.355. The molecule has 0 radical (unpaired) electrons. The van der Waals surface area contributed by atoms with Crippen LogP contribution in [0, 0.1) is 11.8 Å². The minimum absolute atomic E-state index is 0.151. The van der Waals surface area contributed by atoms with Gasteiger partial charge < -0.3 is 14.6 Å². The Labute approximate surface area is 166 Å². The van der Waals surface area contributed by atoms with Gasteiger partial charge in [-0.1, -0.05) is 31.2 Å². The van der Waals surface area contributed by atoms with Crippen LogP contribution in [0.15, 0.2) is 36.8 Å². The highest BCUT2D eigenvalue weighted by Crippen LogP contribution is 2.45. The molecule has 2 aromatic rings. The first kappa shape index (κ1) is 17.9. The Balaban J connectivity index is 1.33. The summed E-state index contributed by atoms with van der Waals surface area (Å²) in [7, 11) is 0. The van der Waals surface area contributed by atoms with Crippen LogP contribution in [0.1, 0.15) is 57.1 Å². The number of hydrogen-bond donors (Lipinski definition) is 1. The highest BCUT2D eigenvalue weighted by molar-refractivity contribution is 5.76. The number of fused-ring (bicyclic) bond motifs is 3. The van der Waals surface area contributed by atoms with Gasteiger partial charge in [0.2, 0.25) is 5.91 Å². The Morgan fingerprint density at radius 3 is 2.89 bits per heavy atom. The van der Waals surface area contributed by atoms with E-state index in [0.717, 1.165) is 25.1 Å². The molecule has 3 aliphatic rings. The molecule has 5 rings (SSSR count). The number of rotatable bonds is 5. The van der Waals surface area contributed by atoms with Crippen molar-refractivity contribution in [2.75, 3.05) is 6.54 Å². The van der Waals surface area contributed by atoms with Crippen LogP contribution >= 0.6 is 0 Å². The Hall–Kier alpha value is -2.14. The lowest BCUT2D eigenvalue weighted by atomic mass is 9.82. The highest BCUT2D eigenvalue weighted by Gasteiger charge is 2.43. The largest absolute Gasteiger partial charge is 0.393 e. The second-order valence-electron chi connectivity index (χ2n) is 8.72. The summed E-state index contributed by atoms with van der Waals surface area (Å²) in [5.41, 5.74) is 3.67. The summed E-state index contributed by atoms with van der Waals surface area (Å²) in [6, 6.07) is 8.95. The van der Waals surface area contributed by atoms with Crippen molar-refractivity contribution < 1.29 is 9.90 Å². The van der Waals surface area contributed by atoms with Gasteiger partial charge in [-0.25, -0.2) is 4.98 Å². The predicted molar refractivity (Wildman–Crippen MR) is 108 cm³/mol. The molecule has 0 bridgehead atoms. The van der Waals surface area contributed by atoms with Crippen LogP contribution in [0.4, 0.5) is 0 Å². The number of carbonyl (C=O) groups is 1. The van der Waals surface area contributed by atoms with Gasteiger partial charge in [0, 0.05) is 24.6 Å². The number of nitrogens with zero attached hydrogens (tertiary/aromatic N) is 3. The molecule has 4 unspecified atom stereocenters. The number of imidazole rings is 1. The summed E-state index contributed by atoms with van der Waals surface area (Å²) < 4.78 is 2.21. The summed E-state index contributed by atoms with van der Waals surface area (Å²) in [6.07, 6.45) is 9.06. The van der Waals surface area contributed by atoms with E-state index in [2.05, 4.69) is 38.7 Å². The van der Waals surface area contributed by atoms with Crippen LogP contribution in [0.2, 0.25) is 0 Å². The fraction of sp³-hybridized carbons (Fsp3) is 0.565. The van der Waals surface area contributed by atoms with Crippen LogP contribution in [0.3, 0.4) is 0 Å². The molecule has 1 N–H and O–H groups in total. The minimum Gasteiger partial charge on any atom is -0.393 e. The van der Waals surface area contributed by atoms with E-state index < -0.39 is 0 Å². The van der Waals surface area contributed by atoms with Gasteiger partial charge in [-0.15, -0.1) is 0 Å². The van der Waals surface area contributed by atoms with Crippen LogP contribution < -0.4 is 0 Å². The zero-order valence-electron chi connectivity index (χ0n) is 16.5. The van der Waals surface area contributed by atoms with E-state index in [1.54, 1.807) is 0 Å². The van der Waals surface area contributed by atoms with E-state index in [0.29, 0.717) is 24.8 Å². The van der Waals surface area contributed by atoms with Crippen LogP contribution in [-0.2, 0) is 4.79 Å². The number of aliphatic hydroxyl groups is 1. The Kier molecular flexibility index (Phi) is 4.50. The number of amides is 1. The Bertz CT molecular complexity index is 872. The maximum Gasteiger partial charge on any atom is 0.222 e. The standard InChI is InChI=1S/C23H29N3O2/c1-2-23(28)25-10-9-16(11-19(25)15-7-8-15)22(27)12-20-17-5-3-4-6-18(17)21-13-24-14-26(20)21/h3-6,13-16,19-20,22,27H,2,7-12H2,1H3. The van der Waals surface area contributed by atoms with E-state index in [1.807, 2.05) is 19.4 Å². The number of piperidine rings is 1. The van der Waals surface area contributed by atoms with Crippen molar-refractivity contribution in [3.8, 4) is 11.3 Å². The zero-order valence-corrected chi connectivity index (χ0v) is 16.5. The molecule has 2 aliphatic heterocycles. The maximum absolute atomic E-state index is 12.4. The molecule has 148 valence electrons. The van der Waals surface area contributed by atoms with Crippen molar-refractivity contribution in [2.24, 2.45) is 11.8 Å². The second-order valence-corrected chi connectivity index (χ2v) is 8.72. The molecule has 3 heterocycles. The van der Waals surface area contributed by atoms with E-state index in [4.69, 9.17) is 0 Å². The molecular formula is C23H29N3O2. The molecule has 5 nitrogen and oxygen atoms in total. The highest BCUT2D eigenvalue weighted by atomic mass is 16.3. The van der Waals surface area contributed by atoms with Crippen molar-refractivity contribution >= 4 is 5.91 Å². The molecule has 28 heavy (non-hydrogen) atoms. The number of benzene rings is 1. The van der Waals surface area contributed by atoms with Crippen LogP contribution in [0.5, 0.6) is 0 Å². The summed E-state index contributed by atoms with van der Waals surface area (Å²) in [6.45, 7) is 2.75. The fourth-order valence-corrected chi connectivity index (χ4v) is 5.41. The number of likely N-dealkylation sites (tertiary alicyclic amines) is 1. The third-order valence-electron chi connectivity index (χ3n) is 7.08. The van der Waals surface area contributed by atoms with Crippen LogP contribution in [-0.4, -0.2) is 44.2 Å². The summed E-state index contributed by atoms with van der Waals surface area (Å²) in [4.78, 5) is 18.8. The third kappa shape index (κ3) is 2.96. The predicted octanol–water partition coefficient (Wildman–Crippen LogP) is 3.63. The van der Waals surface area contributed by atoms with E-state index in [-0.39, 0.29) is 24.0 Å². The molecule has 1 saturated heterocycles. The lowest BCUT2D eigenvalue weighted by molar-refractivity contribution is -0.137. The molecule has 1 aromatic carbocycles. The molecule has 5 heteroatoms. The first-order valence-corrected chi connectivity index (χ1v) is 10.8. The average Bonchev–Trinajstić information content (AvgIpc) is 3.40. The van der Waals surface area contributed by atoms with Gasteiger partial charge in [0.05, 0.1) is 30.4 Å². The van der Waals surface area contributed by atoms with Crippen molar-refractivity contribution in [3.63, 3.8) is 0 Å². The molecular weight excluding hydrogens is 350 g/mol. The molecule has 0 spiro atoms. The molecule has 2 fully saturated rings. The number of aliphatic hydroxyl groups excluding tert-OH is 1. The summed E-state index contributed by atoms with van der Waals surface area (Å²) in [5.74, 6) is 1.20. The van der Waals surface area contributed by atoms with Gasteiger partial charge in [0.1, 0.15) is 0 Å². The van der Waals surface area contributed by atoms with Gasteiger partial charge in [-0.3, -0.25) is 4.79 Å². The normalized spacial score (nSPS) is 27.4. The van der Waals surface area contributed by atoms with Crippen molar-refractivity contribution in [1.82, 2.24) is 14.5 Å². The third-order valence-corrected chi connectivity index (χ3v) is 7.08. The van der Waals surface area contributed by atoms with Gasteiger partial charge in [-0.2, -0.15) is 0 Å². The summed E-state index contributed by atoms with van der Waals surface area (Å²) in [5, 5.41) is 11.2. The Morgan fingerprint density at radius 2 is 2.11 bits per heavy atom. The first-order chi connectivity index (χ1) is 13.7. The number of carbonyl (C=O) groups excluding carboxylic acids is 1. The average molecular weight is 380 g/mol. The smallest absolute Gasteiger partial charge is 0.222 e. The lowest BCUT2D eigenvalue weighted by Gasteiger charge is -2.41. The van der Waals surface area contributed by atoms with Gasteiger partial charge in [0.25, 0.3) is 0 Å². The van der Waals surface area contributed by atoms with E-state index >= 15 is 0 Å². The monoisotopic (exact) mass is 379 g/mol. The SMILES string of the molecule is CCC(=O)N1CCC(C(O)CC2c3ccccc3-c3cncn32)CC1C1CC1. The van der Waals surface area contributed by atoms with Gasteiger partial charge in [0.15, 0.2) is 0 Å². The molecule has 1 aliphatic carbocycles. The van der Waals surface area contributed by atoms with Crippen molar-refractivity contribution in [1.29, 1.82) is 0 Å². The van der Waals surface area contributed by atoms with E-state index in [1.165, 1.54) is 24.0 Å². The van der Waals surface area contributed by atoms with Gasteiger partial charge >= 0.3 is 0 Å². The molecule has 4 atom stereocenters. The Morgan fingerprint density at radius 1 is 1.29 bits per heavy atom. The molecule has 1 saturated carbocycles. The quantitative estimate of drug-likeness (QED) is 0.863. The number of hydrogen-bond acceptors (Lipinski definition) is 3. The molecule has 1 amide bonds. The van der Waals surface area contributed by atoms with E-state index in [9.17, 15) is 9.90 Å². The maximum atomic E-state index is 12.4. The van der Waals surface area contributed by atoms with Crippen molar-refractivity contribution in [2.45, 2.75) is 63.6 Å². The zero-order chi connectivity index (χ0) is 19.3. The fourth-order valence-electron chi connectivity index (χ4n) is 5.41. The van der Waals surface area contributed by atoms with Gasteiger partial charge in [-0.05, 0) is 49.5 Å². The molecule has 1 aromatic heterocycles. The first-order valence-electron chi connectivity index (χ1n) is 10.8. The van der Waals surface area contributed by atoms with Crippen molar-refractivity contribution in [3.05, 3.63) is 42.4 Å². The van der Waals surface area contributed by atoms with Crippen LogP contribution in [0.25, 0.3) is 11.3 Å².